The van der Waals surface area contributed by atoms with Crippen LogP contribution in [0.1, 0.15) is 22.7 Å². The molecule has 1 N–H and O–H groups in total. The Morgan fingerprint density at radius 3 is 3.16 bits per heavy atom. The SMILES string of the molecule is Cc1noc(C)c1CNCC1Cn2nncc2CO1. The molecule has 2 aromatic heterocycles. The van der Waals surface area contributed by atoms with Crippen molar-refractivity contribution in [3.05, 3.63) is 28.9 Å². The molecule has 19 heavy (non-hydrogen) atoms. The second-order valence-corrected chi connectivity index (χ2v) is 4.77. The van der Waals surface area contributed by atoms with Crippen LogP contribution in [0.3, 0.4) is 0 Å². The zero-order valence-electron chi connectivity index (χ0n) is 11.1. The molecule has 0 saturated carbocycles. The summed E-state index contributed by atoms with van der Waals surface area (Å²) >= 11 is 0. The van der Waals surface area contributed by atoms with Crippen LogP contribution in [-0.4, -0.2) is 32.8 Å². The van der Waals surface area contributed by atoms with Crippen molar-refractivity contribution in [1.82, 2.24) is 25.5 Å². The number of hydrogen-bond donors (Lipinski definition) is 1. The monoisotopic (exact) mass is 263 g/mol. The van der Waals surface area contributed by atoms with Crippen LogP contribution in [0.2, 0.25) is 0 Å². The van der Waals surface area contributed by atoms with Crippen molar-refractivity contribution in [1.29, 1.82) is 0 Å². The van der Waals surface area contributed by atoms with Crippen LogP contribution in [-0.2, 0) is 24.4 Å². The lowest BCUT2D eigenvalue weighted by Crippen LogP contribution is -2.36. The molecule has 0 aliphatic carbocycles. The lowest BCUT2D eigenvalue weighted by molar-refractivity contribution is 0.000960. The maximum atomic E-state index is 5.74. The first-order valence-electron chi connectivity index (χ1n) is 6.35. The lowest BCUT2D eigenvalue weighted by Gasteiger charge is -2.23. The summed E-state index contributed by atoms with van der Waals surface area (Å²) in [6.07, 6.45) is 1.86. The zero-order chi connectivity index (χ0) is 13.2. The van der Waals surface area contributed by atoms with E-state index in [4.69, 9.17) is 9.26 Å². The minimum Gasteiger partial charge on any atom is -0.369 e. The molecule has 0 saturated heterocycles. The fourth-order valence-electron chi connectivity index (χ4n) is 2.23. The van der Waals surface area contributed by atoms with E-state index < -0.39 is 0 Å². The molecule has 7 heteroatoms. The Hall–Kier alpha value is -1.73. The molecule has 3 rings (SSSR count). The molecular weight excluding hydrogens is 246 g/mol. The van der Waals surface area contributed by atoms with Crippen molar-refractivity contribution in [2.75, 3.05) is 6.54 Å². The van der Waals surface area contributed by atoms with E-state index in [2.05, 4.69) is 20.8 Å². The highest BCUT2D eigenvalue weighted by Gasteiger charge is 2.19. The maximum Gasteiger partial charge on any atom is 0.138 e. The molecule has 0 bridgehead atoms. The largest absolute Gasteiger partial charge is 0.369 e. The topological polar surface area (TPSA) is 78.0 Å². The van der Waals surface area contributed by atoms with Gasteiger partial charge in [-0.05, 0) is 13.8 Å². The Balaban J connectivity index is 1.51. The van der Waals surface area contributed by atoms with E-state index in [0.717, 1.165) is 42.3 Å². The summed E-state index contributed by atoms with van der Waals surface area (Å²) in [4.78, 5) is 0. The van der Waals surface area contributed by atoms with Gasteiger partial charge in [-0.2, -0.15) is 0 Å². The van der Waals surface area contributed by atoms with Gasteiger partial charge in [0.25, 0.3) is 0 Å². The van der Waals surface area contributed by atoms with Gasteiger partial charge in [-0.25, -0.2) is 4.68 Å². The molecule has 3 heterocycles. The molecule has 0 radical (unpaired) electrons. The van der Waals surface area contributed by atoms with Gasteiger partial charge in [-0.3, -0.25) is 0 Å². The molecule has 0 fully saturated rings. The first kappa shape index (κ1) is 12.3. The van der Waals surface area contributed by atoms with Gasteiger partial charge < -0.3 is 14.6 Å². The Morgan fingerprint density at radius 2 is 2.37 bits per heavy atom. The van der Waals surface area contributed by atoms with Crippen molar-refractivity contribution < 1.29 is 9.26 Å². The minimum absolute atomic E-state index is 0.120. The highest BCUT2D eigenvalue weighted by Crippen LogP contribution is 2.13. The summed E-state index contributed by atoms with van der Waals surface area (Å²) < 4.78 is 12.8. The van der Waals surface area contributed by atoms with Crippen LogP contribution in [0.25, 0.3) is 0 Å². The summed E-state index contributed by atoms with van der Waals surface area (Å²) in [5.74, 6) is 0.869. The van der Waals surface area contributed by atoms with Gasteiger partial charge in [0.15, 0.2) is 0 Å². The molecule has 0 spiro atoms. The average Bonchev–Trinajstić information content (AvgIpc) is 2.99. The van der Waals surface area contributed by atoms with Crippen molar-refractivity contribution in [2.45, 2.75) is 39.6 Å². The number of nitrogens with zero attached hydrogens (tertiary/aromatic N) is 4. The predicted octanol–water partition coefficient (Wildman–Crippen LogP) is 0.572. The number of fused-ring (bicyclic) bond motifs is 1. The highest BCUT2D eigenvalue weighted by molar-refractivity contribution is 5.20. The van der Waals surface area contributed by atoms with Gasteiger partial charge in [0.2, 0.25) is 0 Å². The lowest BCUT2D eigenvalue weighted by atomic mass is 10.2. The Bertz CT molecular complexity index is 543. The summed E-state index contributed by atoms with van der Waals surface area (Å²) in [6, 6.07) is 0. The number of aryl methyl sites for hydroxylation is 2. The Labute approximate surface area is 110 Å². The summed E-state index contributed by atoms with van der Waals surface area (Å²) in [7, 11) is 0. The molecular formula is C12H17N5O2. The van der Waals surface area contributed by atoms with E-state index in [1.807, 2.05) is 18.5 Å². The first-order valence-corrected chi connectivity index (χ1v) is 6.35. The molecule has 7 nitrogen and oxygen atoms in total. The number of nitrogens with one attached hydrogen (secondary N) is 1. The van der Waals surface area contributed by atoms with Crippen molar-refractivity contribution >= 4 is 0 Å². The van der Waals surface area contributed by atoms with E-state index in [1.54, 1.807) is 6.20 Å². The summed E-state index contributed by atoms with van der Waals surface area (Å²) in [5.41, 5.74) is 3.09. The first-order chi connectivity index (χ1) is 9.24. The Morgan fingerprint density at radius 1 is 1.47 bits per heavy atom. The molecule has 2 aromatic rings. The van der Waals surface area contributed by atoms with Gasteiger partial charge in [-0.1, -0.05) is 10.4 Å². The molecule has 1 atom stereocenters. The molecule has 1 aliphatic rings. The smallest absolute Gasteiger partial charge is 0.138 e. The summed E-state index contributed by atoms with van der Waals surface area (Å²) in [5, 5.41) is 15.2. The standard InChI is InChI=1S/C12H17N5O2/c1-8-12(9(2)19-15-8)5-13-4-11-6-17-10(7-18-11)3-14-16-17/h3,11,13H,4-7H2,1-2H3. The molecule has 0 aromatic carbocycles. The number of aromatic nitrogens is 4. The molecule has 1 unspecified atom stereocenters. The third-order valence-electron chi connectivity index (χ3n) is 3.40. The number of hydrogen-bond acceptors (Lipinski definition) is 6. The van der Waals surface area contributed by atoms with E-state index in [0.29, 0.717) is 6.61 Å². The van der Waals surface area contributed by atoms with Crippen LogP contribution < -0.4 is 5.32 Å². The minimum atomic E-state index is 0.120. The van der Waals surface area contributed by atoms with Crippen molar-refractivity contribution in [2.24, 2.45) is 0 Å². The van der Waals surface area contributed by atoms with Gasteiger partial charge in [0.05, 0.1) is 36.8 Å². The van der Waals surface area contributed by atoms with Crippen molar-refractivity contribution in [3.8, 4) is 0 Å². The summed E-state index contributed by atoms with van der Waals surface area (Å²) in [6.45, 7) is 6.70. The van der Waals surface area contributed by atoms with Crippen molar-refractivity contribution in [3.63, 3.8) is 0 Å². The van der Waals surface area contributed by atoms with Crippen LogP contribution in [0.15, 0.2) is 10.7 Å². The second-order valence-electron chi connectivity index (χ2n) is 4.77. The fourth-order valence-corrected chi connectivity index (χ4v) is 2.23. The normalized spacial score (nSPS) is 18.5. The van der Waals surface area contributed by atoms with Crippen LogP contribution in [0.4, 0.5) is 0 Å². The number of rotatable bonds is 4. The predicted molar refractivity (Wildman–Crippen MR) is 66.3 cm³/mol. The molecule has 1 aliphatic heterocycles. The van der Waals surface area contributed by atoms with E-state index >= 15 is 0 Å². The maximum absolute atomic E-state index is 5.74. The quantitative estimate of drug-likeness (QED) is 0.869. The average molecular weight is 263 g/mol. The van der Waals surface area contributed by atoms with Crippen LogP contribution >= 0.6 is 0 Å². The second kappa shape index (κ2) is 5.10. The van der Waals surface area contributed by atoms with Gasteiger partial charge in [0.1, 0.15) is 5.76 Å². The van der Waals surface area contributed by atoms with E-state index in [1.165, 1.54) is 0 Å². The molecule has 0 amide bonds. The van der Waals surface area contributed by atoms with Crippen LogP contribution in [0, 0.1) is 13.8 Å². The zero-order valence-corrected chi connectivity index (χ0v) is 11.1. The van der Waals surface area contributed by atoms with Gasteiger partial charge in [0, 0.05) is 18.7 Å². The van der Waals surface area contributed by atoms with E-state index in [-0.39, 0.29) is 6.10 Å². The van der Waals surface area contributed by atoms with E-state index in [9.17, 15) is 0 Å². The van der Waals surface area contributed by atoms with Crippen LogP contribution in [0.5, 0.6) is 0 Å². The Kier molecular flexibility index (Phi) is 3.31. The highest BCUT2D eigenvalue weighted by atomic mass is 16.5. The fraction of sp³-hybridized carbons (Fsp3) is 0.583. The third kappa shape index (κ3) is 2.52. The third-order valence-corrected chi connectivity index (χ3v) is 3.40. The van der Waals surface area contributed by atoms with Gasteiger partial charge in [-0.15, -0.1) is 5.10 Å². The number of ether oxygens (including phenoxy) is 1. The molecule has 102 valence electrons. The van der Waals surface area contributed by atoms with Gasteiger partial charge >= 0.3 is 0 Å².